The molecule has 0 aliphatic heterocycles. The van der Waals surface area contributed by atoms with Crippen LogP contribution in [0.15, 0.2) is 28.7 Å². The molecule has 0 saturated carbocycles. The van der Waals surface area contributed by atoms with E-state index < -0.39 is 0 Å². The van der Waals surface area contributed by atoms with E-state index in [4.69, 9.17) is 0 Å². The topological polar surface area (TPSA) is 41.0 Å². The van der Waals surface area contributed by atoms with Crippen molar-refractivity contribution in [1.29, 1.82) is 0 Å². The second kappa shape index (κ2) is 7.66. The van der Waals surface area contributed by atoms with Gasteiger partial charge in [-0.15, -0.1) is 11.3 Å². The molecule has 0 aliphatic carbocycles. The van der Waals surface area contributed by atoms with E-state index in [2.05, 4.69) is 58.6 Å². The van der Waals surface area contributed by atoms with Crippen molar-refractivity contribution in [2.45, 2.75) is 31.5 Å². The summed E-state index contributed by atoms with van der Waals surface area (Å²) in [4.78, 5) is 12.7. The number of rotatable bonds is 7. The molecule has 0 aromatic carbocycles. The second-order valence-electron chi connectivity index (χ2n) is 4.83. The highest BCUT2D eigenvalue weighted by Gasteiger charge is 2.16. The van der Waals surface area contributed by atoms with E-state index >= 15 is 0 Å². The molecule has 0 spiro atoms. The molecule has 0 fully saturated rings. The summed E-state index contributed by atoms with van der Waals surface area (Å²) in [6, 6.07) is 6.58. The van der Waals surface area contributed by atoms with E-state index in [-0.39, 0.29) is 0 Å². The third-order valence-corrected chi connectivity index (χ3v) is 4.92. The Hall–Kier alpha value is -1.27. The normalized spacial score (nSPS) is 12.2. The van der Waals surface area contributed by atoms with Gasteiger partial charge in [0.05, 0.1) is 6.04 Å². The number of thiophene rings is 1. The predicted octanol–water partition coefficient (Wildman–Crippen LogP) is 4.28. The molecule has 114 valence electrons. The van der Waals surface area contributed by atoms with Crippen molar-refractivity contribution >= 4 is 34.7 Å². The number of thioether (sulfide) groups is 1. The van der Waals surface area contributed by atoms with Crippen LogP contribution in [-0.4, -0.2) is 29.8 Å². The van der Waals surface area contributed by atoms with Crippen molar-refractivity contribution in [3.63, 3.8) is 0 Å². The van der Waals surface area contributed by atoms with Crippen LogP contribution in [0.4, 0.5) is 11.6 Å². The smallest absolute Gasteiger partial charge is 0.191 e. The molecule has 2 aromatic heterocycles. The van der Waals surface area contributed by atoms with Crippen molar-refractivity contribution < 1.29 is 0 Å². The van der Waals surface area contributed by atoms with Gasteiger partial charge in [-0.3, -0.25) is 0 Å². The van der Waals surface area contributed by atoms with E-state index in [9.17, 15) is 0 Å². The van der Waals surface area contributed by atoms with E-state index in [0.29, 0.717) is 6.04 Å². The average molecular weight is 323 g/mol. The van der Waals surface area contributed by atoms with Gasteiger partial charge in [-0.05, 0) is 31.0 Å². The lowest BCUT2D eigenvalue weighted by atomic mass is 10.2. The van der Waals surface area contributed by atoms with E-state index in [1.807, 2.05) is 12.3 Å². The maximum atomic E-state index is 4.63. The largest absolute Gasteiger partial charge is 0.370 e. The molecule has 4 nitrogen and oxygen atoms in total. The van der Waals surface area contributed by atoms with Crippen LogP contribution in [0.3, 0.4) is 0 Å². The quantitative estimate of drug-likeness (QED) is 0.608. The van der Waals surface area contributed by atoms with Crippen LogP contribution in [0.2, 0.25) is 0 Å². The molecular formula is C15H22N4S2. The van der Waals surface area contributed by atoms with Gasteiger partial charge in [0, 0.05) is 24.5 Å². The Morgan fingerprint density at radius 1 is 1.43 bits per heavy atom. The number of hydrogen-bond acceptors (Lipinski definition) is 6. The lowest BCUT2D eigenvalue weighted by Gasteiger charge is -2.25. The van der Waals surface area contributed by atoms with Crippen LogP contribution >= 0.6 is 23.1 Å². The number of nitrogens with zero attached hydrogens (tertiary/aromatic N) is 3. The van der Waals surface area contributed by atoms with Gasteiger partial charge < -0.3 is 10.2 Å². The van der Waals surface area contributed by atoms with Crippen LogP contribution in [-0.2, 0) is 0 Å². The van der Waals surface area contributed by atoms with Crippen molar-refractivity contribution in [2.24, 2.45) is 0 Å². The van der Waals surface area contributed by atoms with Crippen LogP contribution in [0, 0.1) is 0 Å². The SMILES string of the molecule is CCCNc1cc(N(C)C(C)c2cccs2)nc(SC)n1. The Morgan fingerprint density at radius 2 is 2.24 bits per heavy atom. The highest BCUT2D eigenvalue weighted by Crippen LogP contribution is 2.29. The van der Waals surface area contributed by atoms with Crippen molar-refractivity contribution in [3.8, 4) is 0 Å². The fourth-order valence-corrected chi connectivity index (χ4v) is 3.15. The molecule has 21 heavy (non-hydrogen) atoms. The van der Waals surface area contributed by atoms with Crippen LogP contribution < -0.4 is 10.2 Å². The Morgan fingerprint density at radius 3 is 2.86 bits per heavy atom. The van der Waals surface area contributed by atoms with Gasteiger partial charge in [-0.25, -0.2) is 9.97 Å². The molecule has 6 heteroatoms. The minimum Gasteiger partial charge on any atom is -0.370 e. The van der Waals surface area contributed by atoms with Crippen molar-refractivity contribution in [3.05, 3.63) is 28.5 Å². The molecule has 1 unspecified atom stereocenters. The maximum absolute atomic E-state index is 4.63. The first-order chi connectivity index (χ1) is 10.2. The van der Waals surface area contributed by atoms with Crippen LogP contribution in [0.5, 0.6) is 0 Å². The summed E-state index contributed by atoms with van der Waals surface area (Å²) >= 11 is 3.35. The fraction of sp³-hybridized carbons (Fsp3) is 0.467. The predicted molar refractivity (Wildman–Crippen MR) is 93.7 cm³/mol. The van der Waals surface area contributed by atoms with Crippen molar-refractivity contribution in [1.82, 2.24) is 9.97 Å². The molecule has 2 heterocycles. The zero-order valence-electron chi connectivity index (χ0n) is 13.0. The number of anilines is 2. The summed E-state index contributed by atoms with van der Waals surface area (Å²) < 4.78 is 0. The number of nitrogens with one attached hydrogen (secondary N) is 1. The lowest BCUT2D eigenvalue weighted by molar-refractivity contribution is 0.731. The molecule has 0 saturated heterocycles. The van der Waals surface area contributed by atoms with E-state index in [1.165, 1.54) is 4.88 Å². The minimum absolute atomic E-state index is 0.300. The summed E-state index contributed by atoms with van der Waals surface area (Å²) in [5, 5.41) is 6.26. The van der Waals surface area contributed by atoms with E-state index in [0.717, 1.165) is 29.8 Å². The molecular weight excluding hydrogens is 300 g/mol. The van der Waals surface area contributed by atoms with Crippen LogP contribution in [0.25, 0.3) is 0 Å². The minimum atomic E-state index is 0.300. The third-order valence-electron chi connectivity index (χ3n) is 3.33. The summed E-state index contributed by atoms with van der Waals surface area (Å²) in [6.45, 7) is 5.27. The zero-order valence-corrected chi connectivity index (χ0v) is 14.6. The van der Waals surface area contributed by atoms with Gasteiger partial charge in [0.25, 0.3) is 0 Å². The van der Waals surface area contributed by atoms with E-state index in [1.54, 1.807) is 23.1 Å². The van der Waals surface area contributed by atoms with Gasteiger partial charge in [0.15, 0.2) is 5.16 Å². The van der Waals surface area contributed by atoms with Gasteiger partial charge in [0.1, 0.15) is 11.6 Å². The molecule has 1 atom stereocenters. The third kappa shape index (κ3) is 4.11. The maximum Gasteiger partial charge on any atom is 0.191 e. The zero-order chi connectivity index (χ0) is 15.2. The Balaban J connectivity index is 2.24. The number of hydrogen-bond donors (Lipinski definition) is 1. The van der Waals surface area contributed by atoms with Gasteiger partial charge in [0.2, 0.25) is 0 Å². The van der Waals surface area contributed by atoms with Crippen molar-refractivity contribution in [2.75, 3.05) is 30.1 Å². The second-order valence-corrected chi connectivity index (χ2v) is 6.58. The number of aromatic nitrogens is 2. The van der Waals surface area contributed by atoms with Gasteiger partial charge in [-0.2, -0.15) is 0 Å². The monoisotopic (exact) mass is 322 g/mol. The standard InChI is InChI=1S/C15H22N4S2/c1-5-8-16-13-10-14(18-15(17-13)20-4)19(3)11(2)12-7-6-9-21-12/h6-7,9-11H,5,8H2,1-4H3,(H,16,17,18). The molecule has 0 bridgehead atoms. The average Bonchev–Trinajstić information content (AvgIpc) is 3.05. The summed E-state index contributed by atoms with van der Waals surface area (Å²) in [7, 11) is 2.08. The fourth-order valence-electron chi connectivity index (χ4n) is 1.95. The molecule has 0 aliphatic rings. The summed E-state index contributed by atoms with van der Waals surface area (Å²) in [5.41, 5.74) is 0. The highest BCUT2D eigenvalue weighted by atomic mass is 32.2. The summed E-state index contributed by atoms with van der Waals surface area (Å²) in [6.07, 6.45) is 3.08. The Labute approximate surface area is 135 Å². The Bertz CT molecular complexity index is 557. The molecule has 0 amide bonds. The molecule has 2 rings (SSSR count). The first-order valence-corrected chi connectivity index (χ1v) is 9.19. The highest BCUT2D eigenvalue weighted by molar-refractivity contribution is 7.98. The summed E-state index contributed by atoms with van der Waals surface area (Å²) in [5.74, 6) is 1.85. The lowest BCUT2D eigenvalue weighted by Crippen LogP contribution is -2.22. The first-order valence-electron chi connectivity index (χ1n) is 7.09. The van der Waals surface area contributed by atoms with Gasteiger partial charge >= 0.3 is 0 Å². The first kappa shape index (κ1) is 16.1. The Kier molecular flexibility index (Phi) is 5.87. The van der Waals surface area contributed by atoms with Gasteiger partial charge in [-0.1, -0.05) is 24.8 Å². The van der Waals surface area contributed by atoms with Crippen LogP contribution in [0.1, 0.15) is 31.2 Å². The molecule has 2 aromatic rings. The molecule has 1 N–H and O–H groups in total. The molecule has 0 radical (unpaired) electrons.